The first-order valence-corrected chi connectivity index (χ1v) is 9.78. The molecule has 0 saturated carbocycles. The molecule has 0 bridgehead atoms. The molecule has 0 aromatic carbocycles. The van der Waals surface area contributed by atoms with E-state index >= 15 is 0 Å². The summed E-state index contributed by atoms with van der Waals surface area (Å²) in [6.07, 6.45) is 1.27. The molecule has 1 aliphatic rings. The van der Waals surface area contributed by atoms with Gasteiger partial charge in [-0.25, -0.2) is 8.42 Å². The third kappa shape index (κ3) is 6.38. The average molecular weight is 460 g/mol. The highest BCUT2D eigenvalue weighted by molar-refractivity contribution is 14.0. The molecule has 0 amide bonds. The molecular formula is C15H33IN4O2S. The molecular weight excluding hydrogens is 427 g/mol. The van der Waals surface area contributed by atoms with Crippen molar-refractivity contribution in [2.75, 3.05) is 32.9 Å². The minimum Gasteiger partial charge on any atom is -0.355 e. The summed E-state index contributed by atoms with van der Waals surface area (Å²) in [4.78, 5) is 6.66. The molecule has 1 saturated heterocycles. The summed E-state index contributed by atoms with van der Waals surface area (Å²) in [5, 5.41) is 6.58. The number of aliphatic imine (C=N–C) groups is 1. The summed E-state index contributed by atoms with van der Waals surface area (Å²) in [6, 6.07) is 0.864. The average Bonchev–Trinajstić information content (AvgIpc) is 2.74. The molecule has 138 valence electrons. The Hall–Kier alpha value is -0.0900. The molecule has 0 spiro atoms. The highest BCUT2D eigenvalue weighted by Crippen LogP contribution is 2.18. The zero-order chi connectivity index (χ0) is 17.1. The fourth-order valence-corrected chi connectivity index (χ4v) is 2.75. The normalized spacial score (nSPS) is 23.7. The van der Waals surface area contributed by atoms with Gasteiger partial charge in [0, 0.05) is 45.0 Å². The van der Waals surface area contributed by atoms with E-state index in [1.54, 1.807) is 20.9 Å². The summed E-state index contributed by atoms with van der Waals surface area (Å²) in [7, 11) is -1.41. The van der Waals surface area contributed by atoms with Crippen LogP contribution in [0.1, 0.15) is 34.6 Å². The Kier molecular flexibility index (Phi) is 8.81. The number of likely N-dealkylation sites (tertiary alicyclic amines) is 1. The lowest BCUT2D eigenvalue weighted by atomic mass is 10.1. The second kappa shape index (κ2) is 8.84. The van der Waals surface area contributed by atoms with E-state index in [1.165, 1.54) is 6.26 Å². The van der Waals surface area contributed by atoms with Crippen molar-refractivity contribution in [2.24, 2.45) is 10.9 Å². The maximum atomic E-state index is 11.8. The van der Waals surface area contributed by atoms with Crippen molar-refractivity contribution < 1.29 is 8.42 Å². The van der Waals surface area contributed by atoms with E-state index in [1.807, 2.05) is 0 Å². The lowest BCUT2D eigenvalue weighted by molar-refractivity contribution is 0.265. The number of hydrogen-bond acceptors (Lipinski definition) is 4. The van der Waals surface area contributed by atoms with Gasteiger partial charge in [0.25, 0.3) is 0 Å². The quantitative estimate of drug-likeness (QED) is 0.368. The lowest BCUT2D eigenvalue weighted by Crippen LogP contribution is -2.51. The van der Waals surface area contributed by atoms with Crippen molar-refractivity contribution in [1.29, 1.82) is 0 Å². The number of guanidine groups is 1. The van der Waals surface area contributed by atoms with Crippen LogP contribution < -0.4 is 10.6 Å². The lowest BCUT2D eigenvalue weighted by Gasteiger charge is -2.26. The molecule has 1 heterocycles. The van der Waals surface area contributed by atoms with Crippen molar-refractivity contribution in [3.05, 3.63) is 0 Å². The van der Waals surface area contributed by atoms with Gasteiger partial charge in [0.05, 0.1) is 4.75 Å². The van der Waals surface area contributed by atoms with E-state index in [0.717, 1.165) is 13.1 Å². The molecule has 1 aliphatic heterocycles. The topological polar surface area (TPSA) is 73.8 Å². The third-order valence-corrected chi connectivity index (χ3v) is 6.75. The predicted octanol–water partition coefficient (Wildman–Crippen LogP) is 1.32. The van der Waals surface area contributed by atoms with E-state index in [0.29, 0.717) is 30.5 Å². The van der Waals surface area contributed by atoms with Gasteiger partial charge in [0.2, 0.25) is 0 Å². The summed E-state index contributed by atoms with van der Waals surface area (Å²) in [5.41, 5.74) is 0. The van der Waals surface area contributed by atoms with E-state index in [4.69, 9.17) is 0 Å². The first-order chi connectivity index (χ1) is 9.98. The number of rotatable bonds is 5. The Bertz CT molecular complexity index is 506. The molecule has 2 unspecified atom stereocenters. The highest BCUT2D eigenvalue weighted by atomic mass is 127. The zero-order valence-electron chi connectivity index (χ0n) is 15.4. The van der Waals surface area contributed by atoms with Crippen molar-refractivity contribution in [1.82, 2.24) is 15.5 Å². The van der Waals surface area contributed by atoms with Gasteiger partial charge >= 0.3 is 0 Å². The number of nitrogens with one attached hydrogen (secondary N) is 2. The number of nitrogens with zero attached hydrogens (tertiary/aromatic N) is 2. The van der Waals surface area contributed by atoms with Crippen molar-refractivity contribution >= 4 is 39.8 Å². The van der Waals surface area contributed by atoms with Crippen LogP contribution in [0.2, 0.25) is 0 Å². The van der Waals surface area contributed by atoms with Gasteiger partial charge in [-0.3, -0.25) is 9.89 Å². The van der Waals surface area contributed by atoms with Crippen LogP contribution in [0.4, 0.5) is 0 Å². The Morgan fingerprint density at radius 3 is 2.30 bits per heavy atom. The smallest absolute Gasteiger partial charge is 0.191 e. The molecule has 6 nitrogen and oxygen atoms in total. The van der Waals surface area contributed by atoms with E-state index in [9.17, 15) is 8.42 Å². The van der Waals surface area contributed by atoms with Crippen LogP contribution >= 0.6 is 24.0 Å². The van der Waals surface area contributed by atoms with Gasteiger partial charge in [0.15, 0.2) is 15.8 Å². The molecule has 0 radical (unpaired) electrons. The van der Waals surface area contributed by atoms with Gasteiger partial charge in [0.1, 0.15) is 0 Å². The maximum Gasteiger partial charge on any atom is 0.191 e. The maximum absolute atomic E-state index is 11.8. The second-order valence-corrected chi connectivity index (χ2v) is 9.88. The molecule has 23 heavy (non-hydrogen) atoms. The Morgan fingerprint density at radius 1 is 1.35 bits per heavy atom. The van der Waals surface area contributed by atoms with Gasteiger partial charge in [-0.2, -0.15) is 0 Å². The molecule has 2 atom stereocenters. The first-order valence-electron chi connectivity index (χ1n) is 7.88. The zero-order valence-corrected chi connectivity index (χ0v) is 18.5. The first kappa shape index (κ1) is 22.9. The summed E-state index contributed by atoms with van der Waals surface area (Å²) in [6.45, 7) is 12.5. The van der Waals surface area contributed by atoms with Crippen LogP contribution in [0.3, 0.4) is 0 Å². The van der Waals surface area contributed by atoms with Crippen molar-refractivity contribution in [2.45, 2.75) is 51.4 Å². The van der Waals surface area contributed by atoms with Crippen LogP contribution in [-0.4, -0.2) is 69.0 Å². The molecule has 0 aliphatic carbocycles. The highest BCUT2D eigenvalue weighted by Gasteiger charge is 2.33. The number of sulfone groups is 1. The number of hydrogen-bond donors (Lipinski definition) is 2. The van der Waals surface area contributed by atoms with Gasteiger partial charge in [-0.15, -0.1) is 24.0 Å². The molecule has 0 aromatic heterocycles. The number of halogens is 1. The fraction of sp³-hybridized carbons (Fsp3) is 0.933. The summed E-state index contributed by atoms with van der Waals surface area (Å²) < 4.78 is 22.7. The van der Waals surface area contributed by atoms with Crippen LogP contribution in [-0.2, 0) is 9.84 Å². The SMILES string of the molecule is CN=C(NCC(C)(C)S(C)(=O)=O)NC1CN(C(C)C)CC1C.I. The molecule has 8 heteroatoms. The van der Waals surface area contributed by atoms with E-state index in [-0.39, 0.29) is 24.0 Å². The standard InChI is InChI=1S/C15H32N4O2S.HI/c1-11(2)19-8-12(3)13(9-19)18-14(16-6)17-10-15(4,5)22(7,20)21;/h11-13H,8-10H2,1-7H3,(H2,16,17,18);1H. The predicted molar refractivity (Wildman–Crippen MR) is 108 cm³/mol. The fourth-order valence-electron chi connectivity index (χ4n) is 2.41. The van der Waals surface area contributed by atoms with Crippen LogP contribution in [0.25, 0.3) is 0 Å². The minimum absolute atomic E-state index is 0. The summed E-state index contributed by atoms with van der Waals surface area (Å²) in [5.74, 6) is 1.20. The van der Waals surface area contributed by atoms with E-state index < -0.39 is 14.6 Å². The monoisotopic (exact) mass is 460 g/mol. The molecule has 1 fully saturated rings. The Morgan fingerprint density at radius 2 is 1.91 bits per heavy atom. The molecule has 2 N–H and O–H groups in total. The van der Waals surface area contributed by atoms with Crippen molar-refractivity contribution in [3.8, 4) is 0 Å². The Labute approximate surface area is 158 Å². The van der Waals surface area contributed by atoms with Gasteiger partial charge in [-0.1, -0.05) is 6.92 Å². The van der Waals surface area contributed by atoms with Crippen LogP contribution in [0.15, 0.2) is 4.99 Å². The molecule has 1 rings (SSSR count). The van der Waals surface area contributed by atoms with Gasteiger partial charge in [-0.05, 0) is 33.6 Å². The van der Waals surface area contributed by atoms with Crippen molar-refractivity contribution in [3.63, 3.8) is 0 Å². The minimum atomic E-state index is -3.12. The summed E-state index contributed by atoms with van der Waals surface area (Å²) >= 11 is 0. The van der Waals surface area contributed by atoms with Crippen LogP contribution in [0.5, 0.6) is 0 Å². The molecule has 0 aromatic rings. The largest absolute Gasteiger partial charge is 0.355 e. The second-order valence-electron chi connectivity index (χ2n) is 7.23. The van der Waals surface area contributed by atoms with Crippen LogP contribution in [0, 0.1) is 5.92 Å². The Balaban J connectivity index is 0.00000484. The van der Waals surface area contributed by atoms with Gasteiger partial charge < -0.3 is 10.6 Å². The third-order valence-electron chi connectivity index (χ3n) is 4.60. The van der Waals surface area contributed by atoms with E-state index in [2.05, 4.69) is 41.3 Å².